The second-order valence-electron chi connectivity index (χ2n) is 9.86. The molecule has 3 aromatic rings. The van der Waals surface area contributed by atoms with Crippen LogP contribution in [0.25, 0.3) is 0 Å². The van der Waals surface area contributed by atoms with Crippen molar-refractivity contribution in [2.75, 3.05) is 4.90 Å². The van der Waals surface area contributed by atoms with Crippen molar-refractivity contribution in [2.24, 2.45) is 29.6 Å². The van der Waals surface area contributed by atoms with Crippen molar-refractivity contribution in [3.63, 3.8) is 0 Å². The molecule has 0 radical (unpaired) electrons. The topological polar surface area (TPSA) is 70.2 Å². The molecule has 172 valence electrons. The van der Waals surface area contributed by atoms with Crippen LogP contribution in [-0.2, 0) is 9.59 Å². The number of hydrogen-bond donors (Lipinski definition) is 1. The summed E-state index contributed by atoms with van der Waals surface area (Å²) in [5, 5.41) is 1.16. The fraction of sp³-hybridized carbons (Fsp3) is 0.346. The van der Waals surface area contributed by atoms with Gasteiger partial charge < -0.3 is 4.98 Å². The van der Waals surface area contributed by atoms with Gasteiger partial charge in [0.1, 0.15) is 0 Å². The van der Waals surface area contributed by atoms with Gasteiger partial charge in [0.05, 0.1) is 22.5 Å². The number of aryl methyl sites for hydroxylation is 1. The van der Waals surface area contributed by atoms with Crippen LogP contribution in [-0.4, -0.2) is 22.0 Å². The zero-order valence-electron chi connectivity index (χ0n) is 18.2. The Morgan fingerprint density at radius 1 is 0.941 bits per heavy atom. The van der Waals surface area contributed by atoms with Crippen molar-refractivity contribution in [3.05, 3.63) is 78.7 Å². The summed E-state index contributed by atoms with van der Waals surface area (Å²) in [5.74, 6) is -0.0464. The number of carbonyl (C=O) groups excluding carboxylic acids is 2. The van der Waals surface area contributed by atoms with E-state index in [0.29, 0.717) is 5.69 Å². The number of rotatable bonds is 2. The number of carbonyl (C=O) groups is 2. The molecule has 1 N–H and O–H groups in total. The highest BCUT2D eigenvalue weighted by atomic mass is 79.9. The fourth-order valence-electron chi connectivity index (χ4n) is 7.01. The number of amides is 2. The Morgan fingerprint density at radius 2 is 1.62 bits per heavy atom. The normalized spacial score (nSPS) is 33.2. The number of H-pyrrole nitrogens is 1. The van der Waals surface area contributed by atoms with Gasteiger partial charge in [-0.25, -0.2) is 0 Å². The Bertz CT molecular complexity index is 1400. The Hall–Kier alpha value is -2.16. The van der Waals surface area contributed by atoms with Crippen LogP contribution >= 0.6 is 39.0 Å². The van der Waals surface area contributed by atoms with E-state index in [1.807, 2.05) is 43.3 Å². The minimum absolute atomic E-state index is 0.0372. The highest BCUT2D eigenvalue weighted by Gasteiger charge is 2.69. The SMILES string of the molecule is Cc1ccc(N2C(=O)C3C(C2=O)[C@@H]2C[C@H]3C3Sc4[nH]c(=O)sc4C(c4ccc(Br)cc4)C32)cc1. The number of imide groups is 1. The molecule has 34 heavy (non-hydrogen) atoms. The maximum absolute atomic E-state index is 13.7. The third-order valence-corrected chi connectivity index (χ3v) is 11.4. The predicted octanol–water partition coefficient (Wildman–Crippen LogP) is 5.19. The van der Waals surface area contributed by atoms with Gasteiger partial charge in [0.2, 0.25) is 11.8 Å². The van der Waals surface area contributed by atoms with E-state index in [1.165, 1.54) is 21.8 Å². The molecule has 1 saturated heterocycles. The quantitative estimate of drug-likeness (QED) is 0.444. The molecular weight excluding hydrogens is 532 g/mol. The molecular formula is C26H21BrN2O3S2. The van der Waals surface area contributed by atoms with E-state index in [9.17, 15) is 14.4 Å². The van der Waals surface area contributed by atoms with Crippen LogP contribution in [0.5, 0.6) is 0 Å². The highest BCUT2D eigenvalue weighted by Crippen LogP contribution is 2.68. The van der Waals surface area contributed by atoms with Gasteiger partial charge >= 0.3 is 4.87 Å². The summed E-state index contributed by atoms with van der Waals surface area (Å²) >= 11 is 6.55. The van der Waals surface area contributed by atoms with Crippen LogP contribution < -0.4 is 9.77 Å². The molecule has 5 unspecified atom stereocenters. The van der Waals surface area contributed by atoms with Gasteiger partial charge in [-0.3, -0.25) is 19.3 Å². The van der Waals surface area contributed by atoms with E-state index in [-0.39, 0.29) is 57.4 Å². The summed E-state index contributed by atoms with van der Waals surface area (Å²) in [6, 6.07) is 16.0. The maximum Gasteiger partial charge on any atom is 0.305 e. The van der Waals surface area contributed by atoms with Crippen molar-refractivity contribution in [2.45, 2.75) is 29.5 Å². The van der Waals surface area contributed by atoms with Crippen molar-refractivity contribution >= 4 is 56.5 Å². The number of fused-ring (bicyclic) bond motifs is 9. The van der Waals surface area contributed by atoms with Crippen molar-refractivity contribution < 1.29 is 9.59 Å². The van der Waals surface area contributed by atoms with Crippen molar-refractivity contribution in [1.29, 1.82) is 0 Å². The van der Waals surface area contributed by atoms with Crippen LogP contribution in [0.2, 0.25) is 0 Å². The minimum atomic E-state index is -0.268. The first-order valence-corrected chi connectivity index (χ1v) is 14.0. The molecule has 5 nitrogen and oxygen atoms in total. The summed E-state index contributed by atoms with van der Waals surface area (Å²) in [4.78, 5) is 45.2. The minimum Gasteiger partial charge on any atom is -0.307 e. The maximum atomic E-state index is 13.7. The first-order chi connectivity index (χ1) is 16.4. The molecule has 3 fully saturated rings. The van der Waals surface area contributed by atoms with E-state index >= 15 is 0 Å². The predicted molar refractivity (Wildman–Crippen MR) is 136 cm³/mol. The molecule has 2 amide bonds. The first-order valence-electron chi connectivity index (χ1n) is 11.5. The monoisotopic (exact) mass is 552 g/mol. The third kappa shape index (κ3) is 2.82. The number of anilines is 1. The number of thioether (sulfide) groups is 1. The average Bonchev–Trinajstić information content (AvgIpc) is 3.54. The van der Waals surface area contributed by atoms with Crippen molar-refractivity contribution in [1.82, 2.24) is 4.98 Å². The summed E-state index contributed by atoms with van der Waals surface area (Å²) < 4.78 is 1.01. The first kappa shape index (κ1) is 21.1. The van der Waals surface area contributed by atoms with E-state index < -0.39 is 0 Å². The van der Waals surface area contributed by atoms with E-state index in [0.717, 1.165) is 26.4 Å². The largest absolute Gasteiger partial charge is 0.307 e. The van der Waals surface area contributed by atoms with Crippen LogP contribution in [0, 0.1) is 36.5 Å². The molecule has 1 aromatic heterocycles. The number of halogens is 1. The number of hydrogen-bond acceptors (Lipinski definition) is 5. The average molecular weight is 554 g/mol. The van der Waals surface area contributed by atoms with E-state index in [4.69, 9.17) is 0 Å². The second-order valence-corrected chi connectivity index (χ2v) is 13.0. The molecule has 0 spiro atoms. The molecule has 3 heterocycles. The smallest absolute Gasteiger partial charge is 0.305 e. The molecule has 8 heteroatoms. The summed E-state index contributed by atoms with van der Waals surface area (Å²) in [6.07, 6.45) is 0.906. The lowest BCUT2D eigenvalue weighted by Gasteiger charge is -2.43. The Kier molecular flexibility index (Phi) is 4.61. The molecule has 2 aliphatic carbocycles. The lowest BCUT2D eigenvalue weighted by Crippen LogP contribution is -2.42. The van der Waals surface area contributed by atoms with Crippen LogP contribution in [0.15, 0.2) is 62.8 Å². The Morgan fingerprint density at radius 3 is 2.32 bits per heavy atom. The van der Waals surface area contributed by atoms with E-state index in [1.54, 1.807) is 11.8 Å². The van der Waals surface area contributed by atoms with Gasteiger partial charge in [0.15, 0.2) is 0 Å². The second kappa shape index (κ2) is 7.42. The molecule has 7 atom stereocenters. The molecule has 2 bridgehead atoms. The van der Waals surface area contributed by atoms with Gasteiger partial charge in [-0.2, -0.15) is 0 Å². The summed E-state index contributed by atoms with van der Waals surface area (Å²) in [6.45, 7) is 2.00. The lowest BCUT2D eigenvalue weighted by atomic mass is 9.68. The van der Waals surface area contributed by atoms with Crippen LogP contribution in [0.1, 0.15) is 28.3 Å². The van der Waals surface area contributed by atoms with E-state index in [2.05, 4.69) is 33.0 Å². The molecule has 2 saturated carbocycles. The lowest BCUT2D eigenvalue weighted by molar-refractivity contribution is -0.123. The Labute approximate surface area is 213 Å². The molecule has 4 aliphatic rings. The number of benzene rings is 2. The zero-order chi connectivity index (χ0) is 23.3. The van der Waals surface area contributed by atoms with Crippen molar-refractivity contribution in [3.8, 4) is 0 Å². The summed E-state index contributed by atoms with van der Waals surface area (Å²) in [5.41, 5.74) is 2.95. The number of nitrogens with zero attached hydrogens (tertiary/aromatic N) is 1. The van der Waals surface area contributed by atoms with Gasteiger partial charge in [-0.05, 0) is 60.9 Å². The zero-order valence-corrected chi connectivity index (χ0v) is 21.5. The molecule has 2 aliphatic heterocycles. The van der Waals surface area contributed by atoms with Gasteiger partial charge in [0, 0.05) is 20.5 Å². The third-order valence-electron chi connectivity index (χ3n) is 8.25. The van der Waals surface area contributed by atoms with Crippen LogP contribution in [0.3, 0.4) is 0 Å². The number of aromatic nitrogens is 1. The number of nitrogens with one attached hydrogen (secondary N) is 1. The Balaban J connectivity index is 1.32. The van der Waals surface area contributed by atoms with Crippen LogP contribution in [0.4, 0.5) is 5.69 Å². The fourth-order valence-corrected chi connectivity index (χ4v) is 10.2. The molecule has 7 rings (SSSR count). The molecule has 2 aromatic carbocycles. The van der Waals surface area contributed by atoms with Gasteiger partial charge in [0.25, 0.3) is 0 Å². The summed E-state index contributed by atoms with van der Waals surface area (Å²) in [7, 11) is 0. The van der Waals surface area contributed by atoms with Gasteiger partial charge in [-0.15, -0.1) is 11.8 Å². The highest BCUT2D eigenvalue weighted by molar-refractivity contribution is 9.10. The number of thiazole rings is 1. The standard InChI is InChI=1S/C26H21BrN2O3S2/c1-11-2-8-14(9-3-11)29-24(30)19-15-10-16(20(19)25(29)31)21-18(15)17(12-4-6-13(27)7-5-12)22-23(33-21)28-26(32)34-22/h2-9,15-21H,10H2,1H3,(H,28,32)/t15-,16-,17?,18?,19?,20?,21?/m1/s1. The number of aromatic amines is 1. The van der Waals surface area contributed by atoms with Gasteiger partial charge in [-0.1, -0.05) is 57.1 Å².